The molecular weight excluding hydrogens is 410 g/mol. The highest BCUT2D eigenvalue weighted by atomic mass is 16.7. The molecule has 0 aromatic heterocycles. The van der Waals surface area contributed by atoms with Crippen molar-refractivity contribution in [3.05, 3.63) is 36.5 Å². The number of hydrogen-bond donors (Lipinski definition) is 5. The minimum Gasteiger partial charge on any atom is -0.462 e. The normalized spacial score (nSPS) is 25.5. The van der Waals surface area contributed by atoms with Gasteiger partial charge in [-0.25, -0.2) is 0 Å². The van der Waals surface area contributed by atoms with Gasteiger partial charge in [0.15, 0.2) is 0 Å². The van der Waals surface area contributed by atoms with Gasteiger partial charge in [0.05, 0.1) is 6.61 Å². The number of nitrogens with one attached hydrogen (secondary N) is 1. The van der Waals surface area contributed by atoms with Crippen LogP contribution in [0.1, 0.15) is 71.1 Å². The third-order valence-electron chi connectivity index (χ3n) is 5.86. The zero-order valence-corrected chi connectivity index (χ0v) is 19.3. The maximum absolute atomic E-state index is 10.1. The molecule has 7 nitrogen and oxygen atoms in total. The SMILES string of the molecule is C=C(CCCCCCCCCCC)Nc1ccc(O[C@@H]2OC(CO)[C@H](O)[C@H](O)C2O)cc1. The van der Waals surface area contributed by atoms with Crippen LogP contribution in [0.3, 0.4) is 0 Å². The molecule has 2 unspecified atom stereocenters. The van der Waals surface area contributed by atoms with Crippen LogP contribution in [0, 0.1) is 0 Å². The van der Waals surface area contributed by atoms with Crippen molar-refractivity contribution in [2.75, 3.05) is 11.9 Å². The van der Waals surface area contributed by atoms with Crippen LogP contribution >= 0.6 is 0 Å². The fourth-order valence-electron chi connectivity index (χ4n) is 3.83. The first kappa shape index (κ1) is 26.6. The second-order valence-corrected chi connectivity index (χ2v) is 8.65. The number of rotatable bonds is 15. The maximum Gasteiger partial charge on any atom is 0.229 e. The molecule has 0 aliphatic carbocycles. The fraction of sp³-hybridized carbons (Fsp3) is 0.680. The fourth-order valence-corrected chi connectivity index (χ4v) is 3.83. The maximum atomic E-state index is 10.1. The number of anilines is 1. The Bertz CT molecular complexity index is 650. The first-order valence-corrected chi connectivity index (χ1v) is 12.0. The summed E-state index contributed by atoms with van der Waals surface area (Å²) in [5.74, 6) is 0.435. The number of aliphatic hydroxyl groups is 4. The molecule has 182 valence electrons. The smallest absolute Gasteiger partial charge is 0.229 e. The summed E-state index contributed by atoms with van der Waals surface area (Å²) in [6.45, 7) is 5.86. The molecule has 0 spiro atoms. The standard InChI is InChI=1S/C25H41NO6/c1-3-4-5-6-7-8-9-10-11-12-18(2)26-19-13-15-20(16-14-19)31-25-24(30)23(29)22(28)21(17-27)32-25/h13-16,21-30H,2-12,17H2,1H3/t21?,22-,23-,24?,25+/m0/s1. The van der Waals surface area contributed by atoms with Crippen LogP contribution in [0.5, 0.6) is 5.75 Å². The molecular formula is C25H41NO6. The van der Waals surface area contributed by atoms with Crippen LogP contribution in [-0.4, -0.2) is 57.7 Å². The predicted octanol–water partition coefficient (Wildman–Crippen LogP) is 3.71. The summed E-state index contributed by atoms with van der Waals surface area (Å²) in [5.41, 5.74) is 1.85. The van der Waals surface area contributed by atoms with Gasteiger partial charge in [-0.1, -0.05) is 64.9 Å². The molecule has 5 atom stereocenters. The summed E-state index contributed by atoms with van der Waals surface area (Å²) in [6, 6.07) is 7.10. The molecule has 0 amide bonds. The Kier molecular flexibility index (Phi) is 12.1. The van der Waals surface area contributed by atoms with Crippen molar-refractivity contribution in [1.29, 1.82) is 0 Å². The van der Waals surface area contributed by atoms with E-state index in [0.29, 0.717) is 5.75 Å². The summed E-state index contributed by atoms with van der Waals surface area (Å²) in [4.78, 5) is 0. The topological polar surface area (TPSA) is 111 Å². The summed E-state index contributed by atoms with van der Waals surface area (Å²) < 4.78 is 11.0. The minimum atomic E-state index is -1.46. The predicted molar refractivity (Wildman–Crippen MR) is 125 cm³/mol. The molecule has 1 saturated heterocycles. The highest BCUT2D eigenvalue weighted by molar-refractivity contribution is 5.50. The van der Waals surface area contributed by atoms with Crippen LogP contribution in [0.15, 0.2) is 36.5 Å². The summed E-state index contributed by atoms with van der Waals surface area (Å²) >= 11 is 0. The van der Waals surface area contributed by atoms with Crippen molar-refractivity contribution in [1.82, 2.24) is 0 Å². The lowest BCUT2D eigenvalue weighted by Crippen LogP contribution is -2.60. The first-order chi connectivity index (χ1) is 15.5. The number of hydrogen-bond acceptors (Lipinski definition) is 7. The number of unbranched alkanes of at least 4 members (excludes halogenated alkanes) is 8. The van der Waals surface area contributed by atoms with Crippen molar-refractivity contribution in [2.24, 2.45) is 0 Å². The van der Waals surface area contributed by atoms with Crippen LogP contribution < -0.4 is 10.1 Å². The van der Waals surface area contributed by atoms with Gasteiger partial charge in [-0.3, -0.25) is 0 Å². The Morgan fingerprint density at radius 3 is 2.09 bits per heavy atom. The van der Waals surface area contributed by atoms with E-state index in [1.807, 2.05) is 12.1 Å². The van der Waals surface area contributed by atoms with Gasteiger partial charge in [0.1, 0.15) is 30.2 Å². The van der Waals surface area contributed by atoms with Gasteiger partial charge in [0.25, 0.3) is 0 Å². The van der Waals surface area contributed by atoms with E-state index >= 15 is 0 Å². The molecule has 0 bridgehead atoms. The lowest BCUT2D eigenvalue weighted by Gasteiger charge is -2.39. The molecule has 32 heavy (non-hydrogen) atoms. The van der Waals surface area contributed by atoms with E-state index in [4.69, 9.17) is 9.47 Å². The Balaban J connectivity index is 1.67. The zero-order valence-electron chi connectivity index (χ0n) is 19.3. The van der Waals surface area contributed by atoms with E-state index in [2.05, 4.69) is 18.8 Å². The van der Waals surface area contributed by atoms with Crippen LogP contribution in [0.4, 0.5) is 5.69 Å². The average Bonchev–Trinajstić information content (AvgIpc) is 2.79. The van der Waals surface area contributed by atoms with E-state index < -0.39 is 37.3 Å². The molecule has 2 rings (SSSR count). The molecule has 0 radical (unpaired) electrons. The van der Waals surface area contributed by atoms with E-state index in [1.54, 1.807) is 12.1 Å². The van der Waals surface area contributed by atoms with Gasteiger partial charge < -0.3 is 35.2 Å². The van der Waals surface area contributed by atoms with E-state index in [9.17, 15) is 20.4 Å². The number of aliphatic hydroxyl groups excluding tert-OH is 4. The number of allylic oxidation sites excluding steroid dienone is 1. The summed E-state index contributed by atoms with van der Waals surface area (Å²) in [5, 5.41) is 42.3. The molecule has 1 aromatic carbocycles. The Morgan fingerprint density at radius 2 is 1.50 bits per heavy atom. The Morgan fingerprint density at radius 1 is 0.906 bits per heavy atom. The van der Waals surface area contributed by atoms with Crippen LogP contribution in [0.2, 0.25) is 0 Å². The molecule has 7 heteroatoms. The monoisotopic (exact) mass is 451 g/mol. The Labute approximate surface area is 192 Å². The quantitative estimate of drug-likeness (QED) is 0.259. The van der Waals surface area contributed by atoms with Crippen LogP contribution in [0.25, 0.3) is 0 Å². The minimum absolute atomic E-state index is 0.435. The van der Waals surface area contributed by atoms with E-state index in [1.165, 1.54) is 51.4 Å². The van der Waals surface area contributed by atoms with E-state index in [-0.39, 0.29) is 0 Å². The third-order valence-corrected chi connectivity index (χ3v) is 5.86. The van der Waals surface area contributed by atoms with Crippen molar-refractivity contribution in [3.63, 3.8) is 0 Å². The first-order valence-electron chi connectivity index (χ1n) is 12.0. The summed E-state index contributed by atoms with van der Waals surface area (Å²) in [7, 11) is 0. The summed E-state index contributed by atoms with van der Waals surface area (Å²) in [6.07, 6.45) is 6.11. The molecule has 1 aromatic rings. The van der Waals surface area contributed by atoms with Gasteiger partial charge in [-0.15, -0.1) is 0 Å². The number of benzene rings is 1. The van der Waals surface area contributed by atoms with Crippen molar-refractivity contribution in [3.8, 4) is 5.75 Å². The van der Waals surface area contributed by atoms with Gasteiger partial charge in [-0.05, 0) is 37.1 Å². The van der Waals surface area contributed by atoms with Crippen molar-refractivity contribution >= 4 is 5.69 Å². The highest BCUT2D eigenvalue weighted by Crippen LogP contribution is 2.25. The molecule has 1 heterocycles. The second-order valence-electron chi connectivity index (χ2n) is 8.65. The third kappa shape index (κ3) is 8.71. The Hall–Kier alpha value is -1.64. The van der Waals surface area contributed by atoms with Gasteiger partial charge in [0, 0.05) is 11.4 Å². The highest BCUT2D eigenvalue weighted by Gasteiger charge is 2.44. The van der Waals surface area contributed by atoms with E-state index in [0.717, 1.165) is 24.2 Å². The molecule has 5 N–H and O–H groups in total. The van der Waals surface area contributed by atoms with Gasteiger partial charge in [-0.2, -0.15) is 0 Å². The lowest BCUT2D eigenvalue weighted by atomic mass is 9.99. The second kappa shape index (κ2) is 14.5. The number of ether oxygens (including phenoxy) is 2. The molecule has 1 fully saturated rings. The van der Waals surface area contributed by atoms with Gasteiger partial charge in [0.2, 0.25) is 6.29 Å². The zero-order chi connectivity index (χ0) is 23.3. The lowest BCUT2D eigenvalue weighted by molar-refractivity contribution is -0.277. The van der Waals surface area contributed by atoms with Gasteiger partial charge >= 0.3 is 0 Å². The van der Waals surface area contributed by atoms with Crippen LogP contribution in [-0.2, 0) is 4.74 Å². The molecule has 0 saturated carbocycles. The molecule has 1 aliphatic heterocycles. The van der Waals surface area contributed by atoms with Crippen molar-refractivity contribution in [2.45, 2.75) is 102 Å². The molecule has 1 aliphatic rings. The average molecular weight is 452 g/mol. The van der Waals surface area contributed by atoms with Crippen molar-refractivity contribution < 1.29 is 29.9 Å². The largest absolute Gasteiger partial charge is 0.462 e.